The lowest BCUT2D eigenvalue weighted by Gasteiger charge is -2.44. The second-order valence-electron chi connectivity index (χ2n) is 10.3. The van der Waals surface area contributed by atoms with Gasteiger partial charge in [-0.2, -0.15) is 0 Å². The van der Waals surface area contributed by atoms with Gasteiger partial charge in [0.05, 0.1) is 30.4 Å². The van der Waals surface area contributed by atoms with Gasteiger partial charge in [-0.25, -0.2) is 28.2 Å². The Kier molecular flexibility index (Phi) is 5.00. The molecule has 1 N–H and O–H groups in total. The lowest BCUT2D eigenvalue weighted by Crippen LogP contribution is -2.53. The van der Waals surface area contributed by atoms with E-state index in [0.717, 1.165) is 61.3 Å². The molecule has 0 unspecified atom stereocenters. The molecule has 1 aliphatic heterocycles. The lowest BCUT2D eigenvalue weighted by atomic mass is 9.85. The van der Waals surface area contributed by atoms with E-state index in [9.17, 15) is 8.78 Å². The maximum atomic E-state index is 13.6. The molecule has 188 valence electrons. The molecule has 3 aliphatic rings. The van der Waals surface area contributed by atoms with E-state index in [1.54, 1.807) is 6.20 Å². The maximum Gasteiger partial charge on any atom is 0.252 e. The minimum Gasteiger partial charge on any atom is -0.379 e. The molecule has 0 radical (unpaired) electrons. The summed E-state index contributed by atoms with van der Waals surface area (Å²) in [5.74, 6) is -1.27. The van der Waals surface area contributed by atoms with Gasteiger partial charge in [0.1, 0.15) is 5.82 Å². The summed E-state index contributed by atoms with van der Waals surface area (Å²) in [7, 11) is 0. The summed E-state index contributed by atoms with van der Waals surface area (Å²) in [5, 5.41) is 8.14. The quantitative estimate of drug-likeness (QED) is 0.453. The van der Waals surface area contributed by atoms with Gasteiger partial charge >= 0.3 is 0 Å². The molecule has 0 aromatic carbocycles. The predicted molar refractivity (Wildman–Crippen MR) is 130 cm³/mol. The normalized spacial score (nSPS) is 24.6. The first-order chi connectivity index (χ1) is 17.4. The molecule has 0 spiro atoms. The standard InChI is InChI=1S/C25H28F2N8O/c1-15-30-23-21(35(15)19-11-25(26,27)12-19)8-16(13-28-23)20-2-3-34-22(20)14-29-24(32-34)31-17-9-18(10-17)33-4-6-36-7-5-33/h2-3,8,13-14,17-19H,4-7,9-12H2,1H3,(H,31,32). The van der Waals surface area contributed by atoms with Crippen LogP contribution in [-0.2, 0) is 4.74 Å². The van der Waals surface area contributed by atoms with Crippen molar-refractivity contribution in [2.75, 3.05) is 31.6 Å². The number of imidazole rings is 1. The Labute approximate surface area is 206 Å². The summed E-state index contributed by atoms with van der Waals surface area (Å²) in [4.78, 5) is 16.1. The molecule has 4 aromatic rings. The molecular formula is C25H28F2N8O. The number of nitrogens with one attached hydrogen (secondary N) is 1. The number of aromatic nitrogens is 6. The lowest BCUT2D eigenvalue weighted by molar-refractivity contribution is -0.103. The molecular weight excluding hydrogens is 466 g/mol. The number of hydrogen-bond acceptors (Lipinski definition) is 7. The molecule has 7 rings (SSSR count). The average Bonchev–Trinajstić information content (AvgIpc) is 3.39. The highest BCUT2D eigenvalue weighted by Gasteiger charge is 2.47. The second kappa shape index (κ2) is 8.17. The van der Waals surface area contributed by atoms with Crippen molar-refractivity contribution in [3.8, 4) is 11.1 Å². The number of ether oxygens (including phenoxy) is 1. The van der Waals surface area contributed by atoms with Crippen LogP contribution in [0.3, 0.4) is 0 Å². The zero-order chi connectivity index (χ0) is 24.4. The third kappa shape index (κ3) is 3.72. The van der Waals surface area contributed by atoms with Crippen molar-refractivity contribution in [2.45, 2.75) is 56.7 Å². The molecule has 36 heavy (non-hydrogen) atoms. The molecule has 4 aromatic heterocycles. The van der Waals surface area contributed by atoms with Crippen molar-refractivity contribution in [1.82, 2.24) is 34.0 Å². The molecule has 2 saturated carbocycles. The van der Waals surface area contributed by atoms with E-state index in [-0.39, 0.29) is 18.9 Å². The van der Waals surface area contributed by atoms with Crippen LogP contribution < -0.4 is 5.32 Å². The SMILES string of the molecule is Cc1nc2ncc(-c3ccn4nc(NC5CC(N6CCOCC6)C5)ncc34)cc2n1C1CC(F)(F)C1. The molecule has 9 nitrogen and oxygen atoms in total. The van der Waals surface area contributed by atoms with Gasteiger partial charge in [0.15, 0.2) is 5.65 Å². The van der Waals surface area contributed by atoms with Gasteiger partial charge in [0.25, 0.3) is 5.92 Å². The van der Waals surface area contributed by atoms with Gasteiger partial charge in [0, 0.05) is 67.6 Å². The molecule has 0 bridgehead atoms. The van der Waals surface area contributed by atoms with Crippen LogP contribution in [0.4, 0.5) is 14.7 Å². The van der Waals surface area contributed by atoms with E-state index >= 15 is 0 Å². The second-order valence-corrected chi connectivity index (χ2v) is 10.3. The summed E-state index contributed by atoms with van der Waals surface area (Å²) in [6.07, 6.45) is 7.37. The Hall–Kier alpha value is -3.18. The number of aryl methyl sites for hydroxylation is 1. The number of fused-ring (bicyclic) bond motifs is 2. The van der Waals surface area contributed by atoms with Crippen molar-refractivity contribution in [3.63, 3.8) is 0 Å². The molecule has 2 aliphatic carbocycles. The minimum absolute atomic E-state index is 0.156. The monoisotopic (exact) mass is 494 g/mol. The smallest absolute Gasteiger partial charge is 0.252 e. The zero-order valence-corrected chi connectivity index (χ0v) is 20.1. The van der Waals surface area contributed by atoms with Crippen LogP contribution in [0.2, 0.25) is 0 Å². The fourth-order valence-electron chi connectivity index (χ4n) is 5.85. The van der Waals surface area contributed by atoms with E-state index < -0.39 is 5.92 Å². The highest BCUT2D eigenvalue weighted by Crippen LogP contribution is 2.47. The largest absolute Gasteiger partial charge is 0.379 e. The average molecular weight is 495 g/mol. The van der Waals surface area contributed by atoms with E-state index in [2.05, 4.69) is 30.3 Å². The van der Waals surface area contributed by atoms with Crippen LogP contribution >= 0.6 is 0 Å². The Morgan fingerprint density at radius 2 is 1.86 bits per heavy atom. The molecule has 0 atom stereocenters. The van der Waals surface area contributed by atoms with E-state index in [1.165, 1.54) is 0 Å². The molecule has 1 saturated heterocycles. The van der Waals surface area contributed by atoms with Crippen molar-refractivity contribution >= 4 is 22.6 Å². The summed E-state index contributed by atoms with van der Waals surface area (Å²) >= 11 is 0. The molecule has 0 amide bonds. The predicted octanol–water partition coefficient (Wildman–Crippen LogP) is 3.69. The van der Waals surface area contributed by atoms with Crippen LogP contribution in [0.5, 0.6) is 0 Å². The Morgan fingerprint density at radius 3 is 2.64 bits per heavy atom. The number of anilines is 1. The van der Waals surface area contributed by atoms with Gasteiger partial charge < -0.3 is 14.6 Å². The van der Waals surface area contributed by atoms with Crippen molar-refractivity contribution in [3.05, 3.63) is 36.5 Å². The molecule has 11 heteroatoms. The van der Waals surface area contributed by atoms with Gasteiger partial charge in [-0.15, -0.1) is 5.10 Å². The molecule has 5 heterocycles. The third-order valence-electron chi connectivity index (χ3n) is 7.89. The molecule has 3 fully saturated rings. The number of nitrogens with zero attached hydrogens (tertiary/aromatic N) is 7. The Morgan fingerprint density at radius 1 is 1.06 bits per heavy atom. The minimum atomic E-state index is -2.59. The van der Waals surface area contributed by atoms with Gasteiger partial charge in [-0.3, -0.25) is 4.90 Å². The zero-order valence-electron chi connectivity index (χ0n) is 20.1. The number of alkyl halides is 2. The van der Waals surface area contributed by atoms with E-state index in [1.807, 2.05) is 40.5 Å². The van der Waals surface area contributed by atoms with E-state index in [0.29, 0.717) is 29.5 Å². The van der Waals surface area contributed by atoms with Crippen molar-refractivity contribution < 1.29 is 13.5 Å². The fourth-order valence-corrected chi connectivity index (χ4v) is 5.85. The Bertz CT molecular complexity index is 1430. The maximum absolute atomic E-state index is 13.6. The van der Waals surface area contributed by atoms with Crippen LogP contribution in [0, 0.1) is 6.92 Å². The van der Waals surface area contributed by atoms with Crippen molar-refractivity contribution in [2.24, 2.45) is 0 Å². The first-order valence-electron chi connectivity index (χ1n) is 12.6. The van der Waals surface area contributed by atoms with Gasteiger partial charge in [-0.05, 0) is 31.9 Å². The highest BCUT2D eigenvalue weighted by atomic mass is 19.3. The summed E-state index contributed by atoms with van der Waals surface area (Å²) in [5.41, 5.74) is 4.04. The van der Waals surface area contributed by atoms with Gasteiger partial charge in [0.2, 0.25) is 5.95 Å². The fraction of sp³-hybridized carbons (Fsp3) is 0.520. The van der Waals surface area contributed by atoms with Crippen LogP contribution in [0.25, 0.3) is 27.8 Å². The van der Waals surface area contributed by atoms with Crippen molar-refractivity contribution in [1.29, 1.82) is 0 Å². The van der Waals surface area contributed by atoms with Crippen LogP contribution in [0.1, 0.15) is 37.5 Å². The van der Waals surface area contributed by atoms with E-state index in [4.69, 9.17) is 4.74 Å². The Balaban J connectivity index is 1.11. The van der Waals surface area contributed by atoms with Crippen LogP contribution in [0.15, 0.2) is 30.7 Å². The third-order valence-corrected chi connectivity index (χ3v) is 7.89. The number of hydrogen-bond donors (Lipinski definition) is 1. The number of pyridine rings is 1. The summed E-state index contributed by atoms with van der Waals surface area (Å²) in [6.45, 7) is 5.52. The topological polar surface area (TPSA) is 85.4 Å². The number of rotatable bonds is 5. The highest BCUT2D eigenvalue weighted by molar-refractivity contribution is 5.85. The van der Waals surface area contributed by atoms with Gasteiger partial charge in [-0.1, -0.05) is 0 Å². The summed E-state index contributed by atoms with van der Waals surface area (Å²) in [6, 6.07) is 4.71. The number of halogens is 2. The first-order valence-corrected chi connectivity index (χ1v) is 12.6. The summed E-state index contributed by atoms with van der Waals surface area (Å²) < 4.78 is 36.3. The number of morpholine rings is 1. The van der Waals surface area contributed by atoms with Crippen LogP contribution in [-0.4, -0.2) is 78.3 Å². The first kappa shape index (κ1) is 22.1.